The molecule has 0 aromatic heterocycles. The number of hydroxylamine groups is 1. The van der Waals surface area contributed by atoms with Crippen molar-refractivity contribution in [1.29, 1.82) is 0 Å². The molecule has 19 heavy (non-hydrogen) atoms. The van der Waals surface area contributed by atoms with Gasteiger partial charge in [0.1, 0.15) is 0 Å². The number of nitrogens with one attached hydrogen (secondary N) is 2. The third kappa shape index (κ3) is 5.50. The van der Waals surface area contributed by atoms with Crippen LogP contribution in [0.3, 0.4) is 0 Å². The van der Waals surface area contributed by atoms with Gasteiger partial charge in [-0.1, -0.05) is 0 Å². The Hall–Kier alpha value is -2.61. The second-order valence-corrected chi connectivity index (χ2v) is 3.51. The molecule has 0 radical (unpaired) electrons. The summed E-state index contributed by atoms with van der Waals surface area (Å²) in [5, 5.41) is 10.6. The lowest BCUT2D eigenvalue weighted by atomic mass is 10.2. The monoisotopic (exact) mass is 267 g/mol. The van der Waals surface area contributed by atoms with E-state index < -0.39 is 24.4 Å². The Bertz CT molecular complexity index is 472. The standard InChI is InChI=1S/C11H13N3O5/c12-8-3-1-7(2-4-8)11(18)13-5-9(15)14-19-6-10(16)17/h1-4H,5-6,12H2,(H,13,18)(H,14,15)(H,16,17). The van der Waals surface area contributed by atoms with Crippen LogP contribution in [-0.2, 0) is 14.4 Å². The van der Waals surface area contributed by atoms with E-state index in [1.165, 1.54) is 12.1 Å². The number of aliphatic carboxylic acids is 1. The van der Waals surface area contributed by atoms with Crippen LogP contribution in [0.15, 0.2) is 24.3 Å². The van der Waals surface area contributed by atoms with Crippen molar-refractivity contribution in [2.24, 2.45) is 0 Å². The molecule has 0 heterocycles. The molecule has 0 atom stereocenters. The lowest BCUT2D eigenvalue weighted by Gasteiger charge is -2.06. The highest BCUT2D eigenvalue weighted by atomic mass is 16.7. The minimum absolute atomic E-state index is 0.331. The summed E-state index contributed by atoms with van der Waals surface area (Å²) in [4.78, 5) is 37.2. The van der Waals surface area contributed by atoms with Crippen LogP contribution in [-0.4, -0.2) is 36.0 Å². The van der Waals surface area contributed by atoms with Crippen LogP contribution in [0.4, 0.5) is 5.69 Å². The van der Waals surface area contributed by atoms with E-state index >= 15 is 0 Å². The summed E-state index contributed by atoms with van der Waals surface area (Å²) in [5.41, 5.74) is 8.22. The number of hydrogen-bond acceptors (Lipinski definition) is 5. The van der Waals surface area contributed by atoms with Crippen LogP contribution in [0.5, 0.6) is 0 Å². The number of nitrogen functional groups attached to an aromatic ring is 1. The predicted octanol–water partition coefficient (Wildman–Crippen LogP) is -0.869. The average molecular weight is 267 g/mol. The van der Waals surface area contributed by atoms with E-state index in [0.29, 0.717) is 11.3 Å². The van der Waals surface area contributed by atoms with E-state index in [9.17, 15) is 14.4 Å². The van der Waals surface area contributed by atoms with E-state index in [1.54, 1.807) is 12.1 Å². The summed E-state index contributed by atoms with van der Waals surface area (Å²) in [6, 6.07) is 6.16. The van der Waals surface area contributed by atoms with E-state index in [0.717, 1.165) is 0 Å². The van der Waals surface area contributed by atoms with Crippen molar-refractivity contribution >= 4 is 23.5 Å². The van der Waals surface area contributed by atoms with Gasteiger partial charge in [-0.05, 0) is 24.3 Å². The number of amides is 2. The third-order valence-corrected chi connectivity index (χ3v) is 1.96. The Morgan fingerprint density at radius 1 is 1.21 bits per heavy atom. The topological polar surface area (TPSA) is 131 Å². The molecule has 1 aromatic rings. The number of nitrogens with two attached hydrogens (primary N) is 1. The summed E-state index contributed by atoms with van der Waals surface area (Å²) in [6.45, 7) is -0.986. The molecule has 8 nitrogen and oxygen atoms in total. The highest BCUT2D eigenvalue weighted by Gasteiger charge is 2.08. The largest absolute Gasteiger partial charge is 0.479 e. The first kappa shape index (κ1) is 14.5. The quantitative estimate of drug-likeness (QED) is 0.391. The van der Waals surface area contributed by atoms with Gasteiger partial charge in [-0.3, -0.25) is 14.4 Å². The average Bonchev–Trinajstić information content (AvgIpc) is 2.36. The van der Waals surface area contributed by atoms with Gasteiger partial charge in [-0.15, -0.1) is 0 Å². The number of benzene rings is 1. The lowest BCUT2D eigenvalue weighted by molar-refractivity contribution is -0.148. The Morgan fingerprint density at radius 3 is 2.42 bits per heavy atom. The molecular formula is C11H13N3O5. The molecule has 0 aliphatic carbocycles. The zero-order chi connectivity index (χ0) is 14.3. The van der Waals surface area contributed by atoms with Crippen molar-refractivity contribution < 1.29 is 24.3 Å². The van der Waals surface area contributed by atoms with E-state index in [4.69, 9.17) is 10.8 Å². The summed E-state index contributed by atoms with van der Waals surface area (Å²) in [6.07, 6.45) is 0. The minimum Gasteiger partial charge on any atom is -0.479 e. The van der Waals surface area contributed by atoms with Crippen LogP contribution in [0, 0.1) is 0 Å². The third-order valence-electron chi connectivity index (χ3n) is 1.96. The molecule has 1 rings (SSSR count). The summed E-state index contributed by atoms with van der Waals surface area (Å²) in [5.74, 6) is -2.33. The first-order chi connectivity index (χ1) is 8.99. The first-order valence-corrected chi connectivity index (χ1v) is 5.25. The van der Waals surface area contributed by atoms with Gasteiger partial charge in [0.2, 0.25) is 0 Å². The van der Waals surface area contributed by atoms with Crippen molar-refractivity contribution in [3.05, 3.63) is 29.8 Å². The Labute approximate surface area is 108 Å². The zero-order valence-corrected chi connectivity index (χ0v) is 9.88. The van der Waals surface area contributed by atoms with Crippen LogP contribution in [0.2, 0.25) is 0 Å². The second-order valence-electron chi connectivity index (χ2n) is 3.51. The Balaban J connectivity index is 2.31. The van der Waals surface area contributed by atoms with Gasteiger partial charge in [-0.25, -0.2) is 10.3 Å². The van der Waals surface area contributed by atoms with Crippen LogP contribution < -0.4 is 16.5 Å². The molecule has 0 unspecified atom stereocenters. The lowest BCUT2D eigenvalue weighted by Crippen LogP contribution is -2.37. The van der Waals surface area contributed by atoms with Gasteiger partial charge < -0.3 is 16.2 Å². The van der Waals surface area contributed by atoms with Crippen molar-refractivity contribution in [2.45, 2.75) is 0 Å². The van der Waals surface area contributed by atoms with Gasteiger partial charge in [0, 0.05) is 11.3 Å². The molecule has 5 N–H and O–H groups in total. The molecule has 0 aliphatic rings. The molecular weight excluding hydrogens is 254 g/mol. The number of carboxylic acid groups (broad SMARTS) is 1. The van der Waals surface area contributed by atoms with E-state index in [2.05, 4.69) is 10.2 Å². The molecule has 0 saturated carbocycles. The van der Waals surface area contributed by atoms with Gasteiger partial charge in [-0.2, -0.15) is 0 Å². The zero-order valence-electron chi connectivity index (χ0n) is 9.88. The van der Waals surface area contributed by atoms with Crippen LogP contribution in [0.25, 0.3) is 0 Å². The molecule has 1 aromatic carbocycles. The molecule has 0 aliphatic heterocycles. The normalized spacial score (nSPS) is 9.68. The fourth-order valence-corrected chi connectivity index (χ4v) is 1.11. The highest BCUT2D eigenvalue weighted by molar-refractivity contribution is 5.96. The maximum Gasteiger partial charge on any atom is 0.332 e. The number of hydrogen-bond donors (Lipinski definition) is 4. The molecule has 8 heteroatoms. The van der Waals surface area contributed by atoms with Crippen molar-refractivity contribution in [2.75, 3.05) is 18.9 Å². The van der Waals surface area contributed by atoms with E-state index in [-0.39, 0.29) is 6.54 Å². The van der Waals surface area contributed by atoms with Gasteiger partial charge in [0.15, 0.2) is 6.61 Å². The summed E-state index contributed by atoms with van der Waals surface area (Å²) in [7, 11) is 0. The van der Waals surface area contributed by atoms with Crippen LogP contribution in [0.1, 0.15) is 10.4 Å². The molecule has 0 spiro atoms. The van der Waals surface area contributed by atoms with Crippen LogP contribution >= 0.6 is 0 Å². The molecule has 0 saturated heterocycles. The SMILES string of the molecule is Nc1ccc(C(=O)NCC(=O)NOCC(=O)O)cc1. The Kier molecular flexibility index (Phi) is 5.30. The number of rotatable bonds is 6. The van der Waals surface area contributed by atoms with Gasteiger partial charge in [0.05, 0.1) is 6.54 Å². The Morgan fingerprint density at radius 2 is 1.84 bits per heavy atom. The maximum absolute atomic E-state index is 11.6. The van der Waals surface area contributed by atoms with Crippen molar-refractivity contribution in [1.82, 2.24) is 10.8 Å². The minimum atomic E-state index is -1.22. The molecule has 0 fully saturated rings. The fourth-order valence-electron chi connectivity index (χ4n) is 1.11. The smallest absolute Gasteiger partial charge is 0.332 e. The van der Waals surface area contributed by atoms with Gasteiger partial charge in [0.25, 0.3) is 11.8 Å². The van der Waals surface area contributed by atoms with Crippen molar-refractivity contribution in [3.8, 4) is 0 Å². The second kappa shape index (κ2) is 6.97. The fraction of sp³-hybridized carbons (Fsp3) is 0.182. The first-order valence-electron chi connectivity index (χ1n) is 5.25. The van der Waals surface area contributed by atoms with Crippen molar-refractivity contribution in [3.63, 3.8) is 0 Å². The molecule has 0 bridgehead atoms. The summed E-state index contributed by atoms with van der Waals surface area (Å²) >= 11 is 0. The number of anilines is 1. The maximum atomic E-state index is 11.6. The number of carbonyl (C=O) groups is 3. The van der Waals surface area contributed by atoms with E-state index in [1.807, 2.05) is 5.48 Å². The molecule has 2 amide bonds. The van der Waals surface area contributed by atoms with Gasteiger partial charge >= 0.3 is 5.97 Å². The highest BCUT2D eigenvalue weighted by Crippen LogP contribution is 2.04. The number of carbonyl (C=O) groups excluding carboxylic acids is 2. The summed E-state index contributed by atoms with van der Waals surface area (Å²) < 4.78 is 0. The predicted molar refractivity (Wildman–Crippen MR) is 64.9 cm³/mol. The number of carboxylic acids is 1. The molecule has 102 valence electrons.